The summed E-state index contributed by atoms with van der Waals surface area (Å²) in [6, 6.07) is 23.8. The van der Waals surface area contributed by atoms with E-state index < -0.39 is 5.91 Å². The number of nitrogens with zero attached hydrogens (tertiary/aromatic N) is 4. The first-order chi connectivity index (χ1) is 20.0. The molecule has 0 radical (unpaired) electrons. The normalized spacial score (nSPS) is 13.4. The molecule has 1 saturated carbocycles. The third-order valence-corrected chi connectivity index (χ3v) is 7.45. The lowest BCUT2D eigenvalue weighted by atomic mass is 10.0. The van der Waals surface area contributed by atoms with E-state index >= 15 is 0 Å². The predicted octanol–water partition coefficient (Wildman–Crippen LogP) is 5.91. The van der Waals surface area contributed by atoms with E-state index in [1.165, 1.54) is 16.9 Å². The Balaban J connectivity index is 1.20. The Labute approximate surface area is 237 Å². The fourth-order valence-electron chi connectivity index (χ4n) is 5.32. The average molecular weight is 547 g/mol. The van der Waals surface area contributed by atoms with Gasteiger partial charge in [-0.15, -0.1) is 0 Å². The number of hydrogen-bond acceptors (Lipinski definition) is 6. The number of nitrogens with one attached hydrogen (secondary N) is 2. The number of amides is 2. The number of carbonyl (C=O) groups is 2. The van der Waals surface area contributed by atoms with Crippen LogP contribution in [0.3, 0.4) is 0 Å². The number of phenols is 1. The highest BCUT2D eigenvalue weighted by Gasteiger charge is 2.26. The van der Waals surface area contributed by atoms with Gasteiger partial charge in [0.1, 0.15) is 11.4 Å². The smallest absolute Gasteiger partial charge is 0.342 e. The van der Waals surface area contributed by atoms with E-state index in [1.54, 1.807) is 18.2 Å². The van der Waals surface area contributed by atoms with Crippen molar-refractivity contribution in [1.29, 1.82) is 0 Å². The van der Waals surface area contributed by atoms with Crippen molar-refractivity contribution in [1.82, 2.24) is 25.1 Å². The summed E-state index contributed by atoms with van der Waals surface area (Å²) in [5.41, 5.74) is 4.87. The van der Waals surface area contributed by atoms with Crippen LogP contribution in [0.5, 0.6) is 5.75 Å². The molecule has 2 aromatic heterocycles. The zero-order chi connectivity index (χ0) is 28.2. The minimum atomic E-state index is -0.435. The first-order valence-corrected chi connectivity index (χ1v) is 13.8. The number of rotatable bonds is 7. The lowest BCUT2D eigenvalue weighted by molar-refractivity contribution is 0.102. The van der Waals surface area contributed by atoms with Gasteiger partial charge in [0.2, 0.25) is 0 Å². The van der Waals surface area contributed by atoms with E-state index in [-0.39, 0.29) is 23.4 Å². The van der Waals surface area contributed by atoms with Crippen LogP contribution < -0.4 is 10.6 Å². The zero-order valence-electron chi connectivity index (χ0n) is 22.5. The molecular weight excluding hydrogens is 516 g/mol. The predicted molar refractivity (Wildman–Crippen MR) is 157 cm³/mol. The average Bonchev–Trinajstić information content (AvgIpc) is 3.68. The summed E-state index contributed by atoms with van der Waals surface area (Å²) in [4.78, 5) is 34.7. The number of carbonyl (C=O) groups excluding carboxylic acids is 2. The summed E-state index contributed by atoms with van der Waals surface area (Å²) in [7, 11) is 0. The van der Waals surface area contributed by atoms with Gasteiger partial charge in [-0.3, -0.25) is 9.78 Å². The second-order valence-corrected chi connectivity index (χ2v) is 10.2. The first kappa shape index (κ1) is 26.2. The van der Waals surface area contributed by atoms with Crippen molar-refractivity contribution in [3.63, 3.8) is 0 Å². The number of para-hydroxylation sites is 2. The molecule has 0 spiro atoms. The van der Waals surface area contributed by atoms with Crippen LogP contribution in [0.2, 0.25) is 0 Å². The van der Waals surface area contributed by atoms with Crippen LogP contribution in [0, 0.1) is 0 Å². The molecule has 3 N–H and O–H groups in total. The number of aromatic nitrogens is 4. The molecule has 1 aliphatic rings. The molecule has 5 aromatic rings. The highest BCUT2D eigenvalue weighted by molar-refractivity contribution is 6.03. The second-order valence-electron chi connectivity index (χ2n) is 10.2. The van der Waals surface area contributed by atoms with Crippen molar-refractivity contribution in [3.05, 3.63) is 102 Å². The molecule has 0 saturated heterocycles. The first-order valence-electron chi connectivity index (χ1n) is 13.8. The molecule has 3 aromatic carbocycles. The second kappa shape index (κ2) is 11.6. The maximum atomic E-state index is 13.2. The maximum absolute atomic E-state index is 13.2. The Morgan fingerprint density at radius 3 is 2.46 bits per heavy atom. The van der Waals surface area contributed by atoms with E-state index in [2.05, 4.69) is 25.7 Å². The molecule has 41 heavy (non-hydrogen) atoms. The number of aromatic hydroxyl groups is 1. The number of benzene rings is 3. The molecule has 6 rings (SSSR count). The molecule has 206 valence electrons. The van der Waals surface area contributed by atoms with Crippen molar-refractivity contribution in [2.45, 2.75) is 38.0 Å². The van der Waals surface area contributed by atoms with Crippen LogP contribution in [0.1, 0.15) is 53.3 Å². The topological polar surface area (TPSA) is 122 Å². The van der Waals surface area contributed by atoms with Gasteiger partial charge in [0, 0.05) is 29.8 Å². The van der Waals surface area contributed by atoms with E-state index in [4.69, 9.17) is 0 Å². The summed E-state index contributed by atoms with van der Waals surface area (Å²) < 4.78 is 1.45. The van der Waals surface area contributed by atoms with Gasteiger partial charge < -0.3 is 15.7 Å². The van der Waals surface area contributed by atoms with E-state index in [9.17, 15) is 14.7 Å². The molecule has 2 heterocycles. The number of phenolic OH excluding ortho intramolecular Hbond substituents is 1. The van der Waals surface area contributed by atoms with Crippen molar-refractivity contribution < 1.29 is 14.7 Å². The molecule has 0 atom stereocenters. The summed E-state index contributed by atoms with van der Waals surface area (Å²) in [6.07, 6.45) is 6.37. The van der Waals surface area contributed by atoms with Crippen LogP contribution in [-0.4, -0.2) is 43.3 Å². The van der Waals surface area contributed by atoms with Gasteiger partial charge in [-0.2, -0.15) is 9.78 Å². The fourth-order valence-corrected chi connectivity index (χ4v) is 5.32. The van der Waals surface area contributed by atoms with Gasteiger partial charge >= 0.3 is 6.03 Å². The van der Waals surface area contributed by atoms with Gasteiger partial charge in [-0.1, -0.05) is 55.3 Å². The van der Waals surface area contributed by atoms with Crippen molar-refractivity contribution >= 4 is 28.7 Å². The highest BCUT2D eigenvalue weighted by atomic mass is 16.3. The third kappa shape index (κ3) is 5.79. The number of hydrogen-bond donors (Lipinski definition) is 3. The minimum absolute atomic E-state index is 0.0560. The van der Waals surface area contributed by atoms with Gasteiger partial charge in [-0.25, -0.2) is 9.78 Å². The van der Waals surface area contributed by atoms with Gasteiger partial charge in [0.15, 0.2) is 0 Å². The molecule has 9 nitrogen and oxygen atoms in total. The largest absolute Gasteiger partial charge is 0.507 e. The summed E-state index contributed by atoms with van der Waals surface area (Å²) in [6.45, 7) is 0.489. The standard InChI is InChI=1S/C32H30N6O3/c39-30-18-23(35-31(40)28-20-34-25-12-6-7-13-26(25)36-28)14-15-24(30)27-19-29(22-10-4-5-11-22)38(37-27)32(41)33-17-16-21-8-2-1-3-9-21/h1-3,6-9,12-15,18-20,22,39H,4-5,10-11,16-17H2,(H,33,41)(H,35,40). The van der Waals surface area contributed by atoms with Crippen molar-refractivity contribution in [2.75, 3.05) is 11.9 Å². The van der Waals surface area contributed by atoms with Gasteiger partial charge in [0.05, 0.1) is 28.6 Å². The van der Waals surface area contributed by atoms with Gasteiger partial charge in [0.25, 0.3) is 5.91 Å². The Morgan fingerprint density at radius 1 is 0.927 bits per heavy atom. The van der Waals surface area contributed by atoms with E-state index in [0.29, 0.717) is 34.5 Å². The lowest BCUT2D eigenvalue weighted by Crippen LogP contribution is -2.32. The van der Waals surface area contributed by atoms with Crippen LogP contribution in [-0.2, 0) is 6.42 Å². The van der Waals surface area contributed by atoms with Crippen LogP contribution >= 0.6 is 0 Å². The molecule has 2 amide bonds. The Kier molecular flexibility index (Phi) is 7.40. The van der Waals surface area contributed by atoms with Crippen LogP contribution in [0.25, 0.3) is 22.3 Å². The monoisotopic (exact) mass is 546 g/mol. The highest BCUT2D eigenvalue weighted by Crippen LogP contribution is 2.38. The van der Waals surface area contributed by atoms with E-state index in [1.807, 2.05) is 54.6 Å². The Morgan fingerprint density at radius 2 is 1.68 bits per heavy atom. The van der Waals surface area contributed by atoms with Crippen LogP contribution in [0.4, 0.5) is 10.5 Å². The molecule has 9 heteroatoms. The number of anilines is 1. The summed E-state index contributed by atoms with van der Waals surface area (Å²) >= 11 is 0. The van der Waals surface area contributed by atoms with Gasteiger partial charge in [-0.05, 0) is 55.2 Å². The summed E-state index contributed by atoms with van der Waals surface area (Å²) in [5.74, 6) is -0.255. The van der Waals surface area contributed by atoms with E-state index in [0.717, 1.165) is 43.4 Å². The zero-order valence-corrected chi connectivity index (χ0v) is 22.5. The quantitative estimate of drug-likeness (QED) is 0.233. The minimum Gasteiger partial charge on any atom is -0.507 e. The van der Waals surface area contributed by atoms with Crippen molar-refractivity contribution in [3.8, 4) is 17.0 Å². The number of fused-ring (bicyclic) bond motifs is 1. The Hall–Kier alpha value is -5.05. The molecule has 0 aliphatic heterocycles. The Bertz CT molecular complexity index is 1710. The molecule has 1 aliphatic carbocycles. The molecular formula is C32H30N6O3. The molecule has 1 fully saturated rings. The SMILES string of the molecule is O=C(Nc1ccc(-c2cc(C3CCCC3)n(C(=O)NCCc3ccccc3)n2)c(O)c1)c1cnc2ccccc2n1. The fraction of sp³-hybridized carbons (Fsp3) is 0.219. The van der Waals surface area contributed by atoms with Crippen LogP contribution in [0.15, 0.2) is 85.1 Å². The molecule has 0 unspecified atom stereocenters. The lowest BCUT2D eigenvalue weighted by Gasteiger charge is -2.12. The van der Waals surface area contributed by atoms with Crippen molar-refractivity contribution in [2.24, 2.45) is 0 Å². The molecule has 0 bridgehead atoms. The summed E-state index contributed by atoms with van der Waals surface area (Å²) in [5, 5.41) is 21.3. The maximum Gasteiger partial charge on any atom is 0.342 e. The third-order valence-electron chi connectivity index (χ3n) is 7.45.